The fraction of sp³-hybridized carbons (Fsp3) is 0.278. The van der Waals surface area contributed by atoms with E-state index < -0.39 is 0 Å². The number of amides is 1. The number of nitrogens with zero attached hydrogens (tertiary/aromatic N) is 3. The summed E-state index contributed by atoms with van der Waals surface area (Å²) < 4.78 is 0. The molecular weight excluding hydrogens is 302 g/mol. The molecule has 0 bridgehead atoms. The molecule has 1 aliphatic heterocycles. The predicted molar refractivity (Wildman–Crippen MR) is 93.9 cm³/mol. The first kappa shape index (κ1) is 14.7. The molecule has 24 heavy (non-hydrogen) atoms. The van der Waals surface area contributed by atoms with Crippen LogP contribution in [0.5, 0.6) is 0 Å². The predicted octanol–water partition coefficient (Wildman–Crippen LogP) is 2.81. The molecule has 0 saturated carbocycles. The minimum atomic E-state index is -0.0514. The zero-order valence-electron chi connectivity index (χ0n) is 13.3. The van der Waals surface area contributed by atoms with E-state index in [2.05, 4.69) is 25.2 Å². The molecule has 2 N–H and O–H groups in total. The van der Waals surface area contributed by atoms with Gasteiger partial charge in [0.15, 0.2) is 0 Å². The lowest BCUT2D eigenvalue weighted by Gasteiger charge is -2.31. The molecular formula is C18H19N5O. The van der Waals surface area contributed by atoms with Crippen LogP contribution in [0.15, 0.2) is 48.9 Å². The average Bonchev–Trinajstić information content (AvgIpc) is 3.10. The zero-order valence-corrected chi connectivity index (χ0v) is 13.3. The Morgan fingerprint density at radius 1 is 1.25 bits per heavy atom. The van der Waals surface area contributed by atoms with Crippen molar-refractivity contribution in [1.82, 2.24) is 15.0 Å². The Bertz CT molecular complexity index is 845. The molecule has 4 rings (SSSR count). The number of aromatic amines is 1. The summed E-state index contributed by atoms with van der Waals surface area (Å²) in [4.78, 5) is 26.4. The fourth-order valence-corrected chi connectivity index (χ4v) is 3.20. The normalized spacial score (nSPS) is 17.8. The minimum Gasteiger partial charge on any atom is -0.361 e. The summed E-state index contributed by atoms with van der Waals surface area (Å²) in [7, 11) is 0. The summed E-state index contributed by atoms with van der Waals surface area (Å²) in [5.41, 5.74) is 1.90. The fourth-order valence-electron chi connectivity index (χ4n) is 3.20. The molecule has 1 aromatic carbocycles. The first-order valence-corrected chi connectivity index (χ1v) is 8.19. The summed E-state index contributed by atoms with van der Waals surface area (Å²) >= 11 is 0. The monoisotopic (exact) mass is 321 g/mol. The van der Waals surface area contributed by atoms with Gasteiger partial charge in [-0.05, 0) is 43.2 Å². The third kappa shape index (κ3) is 2.95. The average molecular weight is 321 g/mol. The van der Waals surface area contributed by atoms with Gasteiger partial charge in [0.25, 0.3) is 0 Å². The second kappa shape index (κ2) is 6.31. The molecule has 0 spiro atoms. The Hall–Kier alpha value is -2.89. The highest BCUT2D eigenvalue weighted by Crippen LogP contribution is 2.23. The first-order valence-electron chi connectivity index (χ1n) is 8.19. The van der Waals surface area contributed by atoms with E-state index >= 15 is 0 Å². The van der Waals surface area contributed by atoms with Crippen LogP contribution < -0.4 is 10.2 Å². The van der Waals surface area contributed by atoms with Crippen LogP contribution >= 0.6 is 0 Å². The summed E-state index contributed by atoms with van der Waals surface area (Å²) in [5, 5.41) is 4.14. The van der Waals surface area contributed by atoms with E-state index in [-0.39, 0.29) is 11.8 Å². The van der Waals surface area contributed by atoms with E-state index in [1.807, 2.05) is 30.5 Å². The highest BCUT2D eigenvalue weighted by Gasteiger charge is 2.27. The molecule has 1 amide bonds. The highest BCUT2D eigenvalue weighted by atomic mass is 16.1. The Morgan fingerprint density at radius 2 is 2.12 bits per heavy atom. The van der Waals surface area contributed by atoms with Crippen LogP contribution in [0.2, 0.25) is 0 Å². The van der Waals surface area contributed by atoms with E-state index in [0.717, 1.165) is 36.0 Å². The molecule has 6 heteroatoms. The van der Waals surface area contributed by atoms with Gasteiger partial charge in [0.1, 0.15) is 0 Å². The third-order valence-corrected chi connectivity index (χ3v) is 4.45. The SMILES string of the molecule is O=C(Nc1ccc2[nH]ccc2c1)[C@@H]1CCCN(c2ncccn2)C1. The number of benzene rings is 1. The summed E-state index contributed by atoms with van der Waals surface area (Å²) in [6.45, 7) is 1.55. The number of anilines is 2. The maximum atomic E-state index is 12.6. The van der Waals surface area contributed by atoms with Crippen LogP contribution in [-0.4, -0.2) is 33.9 Å². The van der Waals surface area contributed by atoms with E-state index in [4.69, 9.17) is 0 Å². The lowest BCUT2D eigenvalue weighted by molar-refractivity contribution is -0.120. The van der Waals surface area contributed by atoms with Gasteiger partial charge in [0.2, 0.25) is 11.9 Å². The van der Waals surface area contributed by atoms with Crippen molar-refractivity contribution in [3.05, 3.63) is 48.9 Å². The van der Waals surface area contributed by atoms with Crippen molar-refractivity contribution in [3.63, 3.8) is 0 Å². The largest absolute Gasteiger partial charge is 0.361 e. The molecule has 2 aromatic heterocycles. The van der Waals surface area contributed by atoms with Crippen molar-refractivity contribution in [2.45, 2.75) is 12.8 Å². The lowest BCUT2D eigenvalue weighted by Crippen LogP contribution is -2.41. The Kier molecular flexibility index (Phi) is 3.86. The van der Waals surface area contributed by atoms with Gasteiger partial charge < -0.3 is 15.2 Å². The molecule has 0 aliphatic carbocycles. The van der Waals surface area contributed by atoms with Gasteiger partial charge in [-0.25, -0.2) is 9.97 Å². The van der Waals surface area contributed by atoms with Gasteiger partial charge in [-0.15, -0.1) is 0 Å². The number of aromatic nitrogens is 3. The van der Waals surface area contributed by atoms with Gasteiger partial charge in [0, 0.05) is 48.3 Å². The summed E-state index contributed by atoms with van der Waals surface area (Å²) in [5.74, 6) is 0.707. The number of nitrogens with one attached hydrogen (secondary N) is 2. The van der Waals surface area contributed by atoms with Gasteiger partial charge in [-0.2, -0.15) is 0 Å². The zero-order chi connectivity index (χ0) is 16.4. The number of carbonyl (C=O) groups excluding carboxylic acids is 1. The standard InChI is InChI=1S/C18H19N5O/c24-17(22-15-4-5-16-13(11-15)6-9-19-16)14-3-1-10-23(12-14)18-20-7-2-8-21-18/h2,4-9,11,14,19H,1,3,10,12H2,(H,22,24)/t14-/m1/s1. The lowest BCUT2D eigenvalue weighted by atomic mass is 9.97. The molecule has 3 aromatic rings. The van der Waals surface area contributed by atoms with Gasteiger partial charge in [-0.3, -0.25) is 4.79 Å². The van der Waals surface area contributed by atoms with Crippen molar-refractivity contribution in [2.24, 2.45) is 5.92 Å². The summed E-state index contributed by atoms with van der Waals surface area (Å²) in [6.07, 6.45) is 7.22. The topological polar surface area (TPSA) is 73.9 Å². The van der Waals surface area contributed by atoms with Crippen LogP contribution in [0.1, 0.15) is 12.8 Å². The number of hydrogen-bond acceptors (Lipinski definition) is 4. The minimum absolute atomic E-state index is 0.0514. The van der Waals surface area contributed by atoms with Crippen molar-refractivity contribution in [3.8, 4) is 0 Å². The Morgan fingerprint density at radius 3 is 3.00 bits per heavy atom. The van der Waals surface area contributed by atoms with Crippen molar-refractivity contribution < 1.29 is 4.79 Å². The van der Waals surface area contributed by atoms with Crippen LogP contribution in [0.3, 0.4) is 0 Å². The number of piperidine rings is 1. The highest BCUT2D eigenvalue weighted by molar-refractivity contribution is 5.95. The van der Waals surface area contributed by atoms with Crippen molar-refractivity contribution in [1.29, 1.82) is 0 Å². The maximum Gasteiger partial charge on any atom is 0.229 e. The van der Waals surface area contributed by atoms with E-state index in [1.165, 1.54) is 0 Å². The molecule has 1 atom stereocenters. The number of rotatable bonds is 3. The van der Waals surface area contributed by atoms with Gasteiger partial charge >= 0.3 is 0 Å². The number of fused-ring (bicyclic) bond motifs is 1. The van der Waals surface area contributed by atoms with Crippen LogP contribution in [0.25, 0.3) is 10.9 Å². The smallest absolute Gasteiger partial charge is 0.229 e. The van der Waals surface area contributed by atoms with Crippen molar-refractivity contribution >= 4 is 28.4 Å². The number of hydrogen-bond donors (Lipinski definition) is 2. The first-order chi connectivity index (χ1) is 11.8. The van der Waals surface area contributed by atoms with Crippen molar-refractivity contribution in [2.75, 3.05) is 23.3 Å². The molecule has 3 heterocycles. The molecule has 0 radical (unpaired) electrons. The molecule has 122 valence electrons. The van der Waals surface area contributed by atoms with E-state index in [9.17, 15) is 4.79 Å². The molecule has 6 nitrogen and oxygen atoms in total. The molecule has 1 aliphatic rings. The Balaban J connectivity index is 1.45. The quantitative estimate of drug-likeness (QED) is 0.778. The molecule has 0 unspecified atom stereocenters. The Labute approximate surface area is 139 Å². The second-order valence-corrected chi connectivity index (χ2v) is 6.10. The van der Waals surface area contributed by atoms with E-state index in [1.54, 1.807) is 18.5 Å². The van der Waals surface area contributed by atoms with Crippen LogP contribution in [-0.2, 0) is 4.79 Å². The van der Waals surface area contributed by atoms with Crippen LogP contribution in [0, 0.1) is 5.92 Å². The number of carbonyl (C=O) groups is 1. The van der Waals surface area contributed by atoms with Gasteiger partial charge in [0.05, 0.1) is 5.92 Å². The van der Waals surface area contributed by atoms with Gasteiger partial charge in [-0.1, -0.05) is 0 Å². The maximum absolute atomic E-state index is 12.6. The molecule has 1 saturated heterocycles. The second-order valence-electron chi connectivity index (χ2n) is 6.10. The molecule has 1 fully saturated rings. The summed E-state index contributed by atoms with van der Waals surface area (Å²) in [6, 6.07) is 9.70. The van der Waals surface area contributed by atoms with Crippen LogP contribution in [0.4, 0.5) is 11.6 Å². The van der Waals surface area contributed by atoms with E-state index in [0.29, 0.717) is 12.5 Å². The third-order valence-electron chi connectivity index (χ3n) is 4.45. The number of H-pyrrole nitrogens is 1.